The number of fused-ring (bicyclic) bond motifs is 1. The minimum Gasteiger partial charge on any atom is -0.444 e. The van der Waals surface area contributed by atoms with E-state index in [1.165, 1.54) is 0 Å². The molecule has 1 amide bonds. The average Bonchev–Trinajstić information content (AvgIpc) is 2.48. The molecule has 19 heavy (non-hydrogen) atoms. The van der Waals surface area contributed by atoms with Crippen LogP contribution in [0.4, 0.5) is 4.79 Å². The molecular weight excluding hydrogens is 242 g/mol. The molecule has 0 aliphatic carbocycles. The van der Waals surface area contributed by atoms with E-state index in [0.717, 1.165) is 45.4 Å². The Morgan fingerprint density at radius 2 is 1.95 bits per heavy atom. The third-order valence-corrected chi connectivity index (χ3v) is 3.81. The molecule has 110 valence electrons. The van der Waals surface area contributed by atoms with E-state index in [1.807, 2.05) is 25.7 Å². The zero-order chi connectivity index (χ0) is 14.0. The Morgan fingerprint density at radius 1 is 1.21 bits per heavy atom. The second kappa shape index (κ2) is 5.67. The van der Waals surface area contributed by atoms with Crippen LogP contribution in [0.25, 0.3) is 0 Å². The first-order valence-electron chi connectivity index (χ1n) is 7.33. The van der Waals surface area contributed by atoms with E-state index >= 15 is 0 Å². The molecule has 5 heteroatoms. The summed E-state index contributed by atoms with van der Waals surface area (Å²) < 4.78 is 5.48. The normalized spacial score (nSPS) is 29.6. The van der Waals surface area contributed by atoms with Gasteiger partial charge in [-0.05, 0) is 40.0 Å². The number of rotatable bonds is 0. The molecule has 0 spiro atoms. The minimum atomic E-state index is -0.419. The van der Waals surface area contributed by atoms with Crippen LogP contribution >= 0.6 is 0 Å². The lowest BCUT2D eigenvalue weighted by Crippen LogP contribution is -2.51. The summed E-state index contributed by atoms with van der Waals surface area (Å²) in [7, 11) is 0. The fraction of sp³-hybridized carbons (Fsp3) is 0.929. The third kappa shape index (κ3) is 4.08. The zero-order valence-electron chi connectivity index (χ0n) is 12.4. The first-order valence-corrected chi connectivity index (χ1v) is 7.33. The molecule has 0 aromatic rings. The van der Waals surface area contributed by atoms with E-state index in [2.05, 4.69) is 4.90 Å². The predicted octanol–water partition coefficient (Wildman–Crippen LogP) is 1.42. The molecule has 2 aliphatic heterocycles. The SMILES string of the molecule is CC(C)(C)OC(=O)N1CCCN2CC(N)CCC2C1. The van der Waals surface area contributed by atoms with E-state index in [0.29, 0.717) is 12.1 Å². The van der Waals surface area contributed by atoms with Gasteiger partial charge in [-0.2, -0.15) is 0 Å². The predicted molar refractivity (Wildman–Crippen MR) is 75.0 cm³/mol. The first kappa shape index (κ1) is 14.6. The van der Waals surface area contributed by atoms with Gasteiger partial charge >= 0.3 is 6.09 Å². The van der Waals surface area contributed by atoms with Gasteiger partial charge in [0.25, 0.3) is 0 Å². The summed E-state index contributed by atoms with van der Waals surface area (Å²) >= 11 is 0. The summed E-state index contributed by atoms with van der Waals surface area (Å²) in [6, 6.07) is 0.749. The van der Waals surface area contributed by atoms with Crippen molar-refractivity contribution in [3.8, 4) is 0 Å². The van der Waals surface area contributed by atoms with Gasteiger partial charge in [-0.1, -0.05) is 0 Å². The van der Waals surface area contributed by atoms with Gasteiger partial charge in [0.1, 0.15) is 5.60 Å². The van der Waals surface area contributed by atoms with E-state index in [4.69, 9.17) is 10.5 Å². The summed E-state index contributed by atoms with van der Waals surface area (Å²) in [4.78, 5) is 16.5. The van der Waals surface area contributed by atoms with Gasteiger partial charge in [-0.3, -0.25) is 4.90 Å². The Hall–Kier alpha value is -0.810. The van der Waals surface area contributed by atoms with Crippen LogP contribution in [-0.2, 0) is 4.74 Å². The summed E-state index contributed by atoms with van der Waals surface area (Å²) in [5, 5.41) is 0. The van der Waals surface area contributed by atoms with Gasteiger partial charge in [-0.15, -0.1) is 0 Å². The quantitative estimate of drug-likeness (QED) is 0.722. The average molecular weight is 269 g/mol. The maximum atomic E-state index is 12.2. The van der Waals surface area contributed by atoms with Gasteiger partial charge in [0.2, 0.25) is 0 Å². The standard InChI is InChI=1S/C14H27N3O2/c1-14(2,3)19-13(18)17-8-4-7-16-9-11(15)5-6-12(16)10-17/h11-12H,4-10,15H2,1-3H3. The molecule has 2 aliphatic rings. The van der Waals surface area contributed by atoms with Crippen LogP contribution in [-0.4, -0.2) is 59.8 Å². The molecule has 0 radical (unpaired) electrons. The highest BCUT2D eigenvalue weighted by molar-refractivity contribution is 5.68. The molecule has 2 atom stereocenters. The molecule has 2 N–H and O–H groups in total. The van der Waals surface area contributed by atoms with Gasteiger partial charge in [0, 0.05) is 38.3 Å². The van der Waals surface area contributed by atoms with Crippen LogP contribution in [0.5, 0.6) is 0 Å². The van der Waals surface area contributed by atoms with Crippen LogP contribution < -0.4 is 5.73 Å². The number of carbonyl (C=O) groups is 1. The summed E-state index contributed by atoms with van der Waals surface area (Å²) in [6.07, 6.45) is 2.97. The molecule has 2 fully saturated rings. The largest absolute Gasteiger partial charge is 0.444 e. The fourth-order valence-corrected chi connectivity index (χ4v) is 2.91. The van der Waals surface area contributed by atoms with Crippen molar-refractivity contribution in [1.82, 2.24) is 9.80 Å². The number of piperidine rings is 1. The Morgan fingerprint density at radius 3 is 2.63 bits per heavy atom. The molecule has 0 saturated carbocycles. The third-order valence-electron chi connectivity index (χ3n) is 3.81. The Bertz CT molecular complexity index is 327. The van der Waals surface area contributed by atoms with Gasteiger partial charge < -0.3 is 15.4 Å². The minimum absolute atomic E-state index is 0.177. The lowest BCUT2D eigenvalue weighted by molar-refractivity contribution is 0.0215. The zero-order valence-corrected chi connectivity index (χ0v) is 12.4. The van der Waals surface area contributed by atoms with Crippen molar-refractivity contribution in [2.24, 2.45) is 5.73 Å². The van der Waals surface area contributed by atoms with Crippen LogP contribution in [0, 0.1) is 0 Å². The second-order valence-electron chi connectivity index (χ2n) is 6.77. The first-order chi connectivity index (χ1) is 8.85. The van der Waals surface area contributed by atoms with Crippen molar-refractivity contribution in [1.29, 1.82) is 0 Å². The van der Waals surface area contributed by atoms with Crippen molar-refractivity contribution in [2.45, 2.75) is 57.7 Å². The van der Waals surface area contributed by atoms with Crippen molar-refractivity contribution in [2.75, 3.05) is 26.2 Å². The van der Waals surface area contributed by atoms with Gasteiger partial charge in [0.15, 0.2) is 0 Å². The van der Waals surface area contributed by atoms with Crippen molar-refractivity contribution < 1.29 is 9.53 Å². The maximum Gasteiger partial charge on any atom is 0.410 e. The molecule has 0 aromatic carbocycles. The number of hydrogen-bond donors (Lipinski definition) is 1. The summed E-state index contributed by atoms with van der Waals surface area (Å²) in [5.41, 5.74) is 5.60. The maximum absolute atomic E-state index is 12.2. The molecular formula is C14H27N3O2. The monoisotopic (exact) mass is 269 g/mol. The number of ether oxygens (including phenoxy) is 1. The molecule has 0 aromatic heterocycles. The second-order valence-corrected chi connectivity index (χ2v) is 6.77. The van der Waals surface area contributed by atoms with E-state index in [9.17, 15) is 4.79 Å². The van der Waals surface area contributed by atoms with E-state index < -0.39 is 5.60 Å². The van der Waals surface area contributed by atoms with Gasteiger partial charge in [-0.25, -0.2) is 4.79 Å². The van der Waals surface area contributed by atoms with E-state index in [1.54, 1.807) is 0 Å². The van der Waals surface area contributed by atoms with Gasteiger partial charge in [0.05, 0.1) is 0 Å². The smallest absolute Gasteiger partial charge is 0.410 e. The summed E-state index contributed by atoms with van der Waals surface area (Å²) in [5.74, 6) is 0. The van der Waals surface area contributed by atoms with Crippen molar-refractivity contribution in [3.63, 3.8) is 0 Å². The van der Waals surface area contributed by atoms with Crippen LogP contribution in [0.15, 0.2) is 0 Å². The number of hydrogen-bond acceptors (Lipinski definition) is 4. The van der Waals surface area contributed by atoms with Crippen LogP contribution in [0.3, 0.4) is 0 Å². The number of carbonyl (C=O) groups excluding carboxylic acids is 1. The number of nitrogens with two attached hydrogens (primary N) is 1. The Kier molecular flexibility index (Phi) is 4.36. The lowest BCUT2D eigenvalue weighted by atomic mass is 9.99. The molecule has 2 heterocycles. The molecule has 5 nitrogen and oxygen atoms in total. The Labute approximate surface area is 116 Å². The number of nitrogens with zero attached hydrogens (tertiary/aromatic N) is 2. The highest BCUT2D eigenvalue weighted by Gasteiger charge is 2.32. The fourth-order valence-electron chi connectivity index (χ4n) is 2.91. The van der Waals surface area contributed by atoms with E-state index in [-0.39, 0.29) is 6.09 Å². The molecule has 2 unspecified atom stereocenters. The molecule has 2 rings (SSSR count). The topological polar surface area (TPSA) is 58.8 Å². The van der Waals surface area contributed by atoms with Crippen LogP contribution in [0.1, 0.15) is 40.0 Å². The molecule has 0 bridgehead atoms. The molecule has 2 saturated heterocycles. The van der Waals surface area contributed by atoms with Crippen LogP contribution in [0.2, 0.25) is 0 Å². The Balaban J connectivity index is 1.95. The summed E-state index contributed by atoms with van der Waals surface area (Å²) in [6.45, 7) is 9.31. The highest BCUT2D eigenvalue weighted by Crippen LogP contribution is 2.21. The lowest BCUT2D eigenvalue weighted by Gasteiger charge is -2.38. The number of amides is 1. The highest BCUT2D eigenvalue weighted by atomic mass is 16.6. The van der Waals surface area contributed by atoms with Crippen molar-refractivity contribution in [3.05, 3.63) is 0 Å². The van der Waals surface area contributed by atoms with Crippen molar-refractivity contribution >= 4 is 6.09 Å².